The molecule has 1 rings (SSSR count). The Balaban J connectivity index is 2.87. The van der Waals surface area contributed by atoms with Crippen LogP contribution in [0.25, 0.3) is 0 Å². The van der Waals surface area contributed by atoms with Crippen molar-refractivity contribution in [1.29, 1.82) is 0 Å². The summed E-state index contributed by atoms with van der Waals surface area (Å²) in [5.41, 5.74) is 8.78. The molecule has 0 fully saturated rings. The number of halogens is 1. The molecule has 16 heavy (non-hydrogen) atoms. The van der Waals surface area contributed by atoms with E-state index in [4.69, 9.17) is 17.3 Å². The Morgan fingerprint density at radius 1 is 1.56 bits per heavy atom. The molecule has 0 saturated heterocycles. The lowest BCUT2D eigenvalue weighted by molar-refractivity contribution is 0.623. The zero-order chi connectivity index (χ0) is 12.1. The predicted octanol–water partition coefficient (Wildman–Crippen LogP) is 2.70. The van der Waals surface area contributed by atoms with Crippen molar-refractivity contribution in [3.63, 3.8) is 0 Å². The van der Waals surface area contributed by atoms with Crippen molar-refractivity contribution in [2.24, 2.45) is 5.73 Å². The van der Waals surface area contributed by atoms with Gasteiger partial charge in [-0.2, -0.15) is 5.10 Å². The zero-order valence-corrected chi connectivity index (χ0v) is 11.0. The molecule has 0 amide bonds. The minimum atomic E-state index is 0.692. The zero-order valence-electron chi connectivity index (χ0n) is 10.3. The number of hydrogen-bond acceptors (Lipinski definition) is 2. The Labute approximate surface area is 102 Å². The van der Waals surface area contributed by atoms with Crippen molar-refractivity contribution < 1.29 is 0 Å². The standard InChI is InChI=1S/C12H20ClN3/c1-4-16-11(12(13)10(3)15-16)8-9(2)6-5-7-14/h6H,4-5,7-8,14H2,1-3H3. The van der Waals surface area contributed by atoms with Gasteiger partial charge >= 0.3 is 0 Å². The lowest BCUT2D eigenvalue weighted by atomic mass is 10.1. The number of nitrogens with zero attached hydrogens (tertiary/aromatic N) is 2. The summed E-state index contributed by atoms with van der Waals surface area (Å²) < 4.78 is 1.97. The molecule has 1 heterocycles. The van der Waals surface area contributed by atoms with E-state index in [1.54, 1.807) is 0 Å². The van der Waals surface area contributed by atoms with Crippen LogP contribution >= 0.6 is 11.6 Å². The molecular formula is C12H20ClN3. The summed E-state index contributed by atoms with van der Waals surface area (Å²) in [7, 11) is 0. The molecule has 0 atom stereocenters. The van der Waals surface area contributed by atoms with Crippen LogP contribution in [0.3, 0.4) is 0 Å². The summed E-state index contributed by atoms with van der Waals surface area (Å²) in [5, 5.41) is 5.19. The van der Waals surface area contributed by atoms with Crippen LogP contribution in [0.2, 0.25) is 5.02 Å². The number of nitrogens with two attached hydrogens (primary N) is 1. The average molecular weight is 242 g/mol. The van der Waals surface area contributed by atoms with Crippen molar-refractivity contribution in [2.75, 3.05) is 6.54 Å². The van der Waals surface area contributed by atoms with Crippen LogP contribution in [-0.4, -0.2) is 16.3 Å². The van der Waals surface area contributed by atoms with E-state index in [9.17, 15) is 0 Å². The van der Waals surface area contributed by atoms with Gasteiger partial charge in [0.1, 0.15) is 0 Å². The first-order chi connectivity index (χ1) is 7.60. The molecule has 0 radical (unpaired) electrons. The molecule has 1 aromatic rings. The SMILES string of the molecule is CCn1nc(C)c(Cl)c1CC(C)=CCCN. The molecular weight excluding hydrogens is 222 g/mol. The van der Waals surface area contributed by atoms with Crippen molar-refractivity contribution in [3.8, 4) is 0 Å². The molecule has 0 aromatic carbocycles. The van der Waals surface area contributed by atoms with Crippen molar-refractivity contribution >= 4 is 11.6 Å². The summed E-state index contributed by atoms with van der Waals surface area (Å²) in [6, 6.07) is 0. The molecule has 0 aliphatic rings. The first kappa shape index (κ1) is 13.3. The Morgan fingerprint density at radius 2 is 2.25 bits per heavy atom. The molecule has 0 unspecified atom stereocenters. The lowest BCUT2D eigenvalue weighted by Gasteiger charge is -2.05. The quantitative estimate of drug-likeness (QED) is 0.806. The van der Waals surface area contributed by atoms with Gasteiger partial charge in [0.15, 0.2) is 0 Å². The number of rotatable bonds is 5. The van der Waals surface area contributed by atoms with Gasteiger partial charge < -0.3 is 5.73 Å². The minimum Gasteiger partial charge on any atom is -0.330 e. The molecule has 2 N–H and O–H groups in total. The predicted molar refractivity (Wildman–Crippen MR) is 68.8 cm³/mol. The van der Waals surface area contributed by atoms with Gasteiger partial charge in [0.2, 0.25) is 0 Å². The summed E-state index contributed by atoms with van der Waals surface area (Å²) in [5.74, 6) is 0. The first-order valence-corrected chi connectivity index (χ1v) is 6.05. The third kappa shape index (κ3) is 3.09. The van der Waals surface area contributed by atoms with Crippen LogP contribution < -0.4 is 5.73 Å². The van der Waals surface area contributed by atoms with Crippen LogP contribution in [0, 0.1) is 6.92 Å². The second-order valence-electron chi connectivity index (χ2n) is 3.97. The Hall–Kier alpha value is -0.800. The van der Waals surface area contributed by atoms with E-state index in [2.05, 4.69) is 25.0 Å². The van der Waals surface area contributed by atoms with E-state index in [0.717, 1.165) is 35.8 Å². The smallest absolute Gasteiger partial charge is 0.0850 e. The van der Waals surface area contributed by atoms with Crippen LogP contribution in [0.4, 0.5) is 0 Å². The number of hydrogen-bond donors (Lipinski definition) is 1. The second-order valence-corrected chi connectivity index (χ2v) is 4.34. The van der Waals surface area contributed by atoms with E-state index in [-0.39, 0.29) is 0 Å². The van der Waals surface area contributed by atoms with E-state index >= 15 is 0 Å². The van der Waals surface area contributed by atoms with Crippen molar-refractivity contribution in [2.45, 2.75) is 40.2 Å². The third-order valence-electron chi connectivity index (χ3n) is 2.56. The van der Waals surface area contributed by atoms with Gasteiger partial charge in [-0.1, -0.05) is 23.3 Å². The highest BCUT2D eigenvalue weighted by Gasteiger charge is 2.12. The molecule has 0 aliphatic carbocycles. The van der Waals surface area contributed by atoms with E-state index in [1.807, 2.05) is 11.6 Å². The van der Waals surface area contributed by atoms with Gasteiger partial charge in [-0.25, -0.2) is 0 Å². The molecule has 4 heteroatoms. The largest absolute Gasteiger partial charge is 0.330 e. The van der Waals surface area contributed by atoms with Crippen LogP contribution in [0.1, 0.15) is 31.7 Å². The van der Waals surface area contributed by atoms with E-state index < -0.39 is 0 Å². The molecule has 0 aliphatic heterocycles. The normalized spacial score (nSPS) is 12.2. The highest BCUT2D eigenvalue weighted by Crippen LogP contribution is 2.22. The summed E-state index contributed by atoms with van der Waals surface area (Å²) in [4.78, 5) is 0. The molecule has 0 bridgehead atoms. The van der Waals surface area contributed by atoms with Crippen LogP contribution in [0.15, 0.2) is 11.6 Å². The average Bonchev–Trinajstić information content (AvgIpc) is 2.54. The van der Waals surface area contributed by atoms with Gasteiger partial charge in [0.25, 0.3) is 0 Å². The highest BCUT2D eigenvalue weighted by atomic mass is 35.5. The van der Waals surface area contributed by atoms with Gasteiger partial charge in [-0.05, 0) is 33.7 Å². The van der Waals surface area contributed by atoms with Gasteiger partial charge in [0.05, 0.1) is 16.4 Å². The summed E-state index contributed by atoms with van der Waals surface area (Å²) in [6.07, 6.45) is 3.94. The van der Waals surface area contributed by atoms with Crippen LogP contribution in [0.5, 0.6) is 0 Å². The molecule has 1 aromatic heterocycles. The topological polar surface area (TPSA) is 43.8 Å². The molecule has 90 valence electrons. The maximum atomic E-state index is 6.24. The van der Waals surface area contributed by atoms with Crippen LogP contribution in [-0.2, 0) is 13.0 Å². The Bertz CT molecular complexity index is 380. The molecule has 0 saturated carbocycles. The third-order valence-corrected chi connectivity index (χ3v) is 3.05. The van der Waals surface area contributed by atoms with E-state index in [1.165, 1.54) is 5.57 Å². The summed E-state index contributed by atoms with van der Waals surface area (Å²) in [6.45, 7) is 7.67. The van der Waals surface area contributed by atoms with E-state index in [0.29, 0.717) is 6.54 Å². The first-order valence-electron chi connectivity index (χ1n) is 5.67. The molecule has 0 spiro atoms. The van der Waals surface area contributed by atoms with Gasteiger partial charge in [0, 0.05) is 13.0 Å². The minimum absolute atomic E-state index is 0.692. The van der Waals surface area contributed by atoms with Gasteiger partial charge in [-0.15, -0.1) is 0 Å². The van der Waals surface area contributed by atoms with Crippen molar-refractivity contribution in [3.05, 3.63) is 28.1 Å². The summed E-state index contributed by atoms with van der Waals surface area (Å²) >= 11 is 6.24. The lowest BCUT2D eigenvalue weighted by Crippen LogP contribution is -2.04. The fourth-order valence-electron chi connectivity index (χ4n) is 1.70. The number of aryl methyl sites for hydroxylation is 2. The maximum Gasteiger partial charge on any atom is 0.0850 e. The molecule has 3 nitrogen and oxygen atoms in total. The fraction of sp³-hybridized carbons (Fsp3) is 0.583. The van der Waals surface area contributed by atoms with Crippen molar-refractivity contribution in [1.82, 2.24) is 9.78 Å². The number of aromatic nitrogens is 2. The fourth-order valence-corrected chi connectivity index (χ4v) is 1.91. The Morgan fingerprint density at radius 3 is 2.81 bits per heavy atom. The monoisotopic (exact) mass is 241 g/mol. The second kappa shape index (κ2) is 6.06. The number of allylic oxidation sites excluding steroid dienone is 1. The van der Waals surface area contributed by atoms with Gasteiger partial charge in [-0.3, -0.25) is 4.68 Å². The highest BCUT2D eigenvalue weighted by molar-refractivity contribution is 6.31. The Kier molecular flexibility index (Phi) is 5.03. The maximum absolute atomic E-state index is 6.24.